The van der Waals surface area contributed by atoms with Crippen LogP contribution in [-0.2, 0) is 0 Å². The Morgan fingerprint density at radius 1 is 1.44 bits per heavy atom. The first kappa shape index (κ1) is 10.7. The first-order valence-corrected chi connectivity index (χ1v) is 5.63. The number of methoxy groups -OCH3 is 1. The van der Waals surface area contributed by atoms with Gasteiger partial charge in [-0.3, -0.25) is 0 Å². The molecule has 0 unspecified atom stereocenters. The second-order valence-electron chi connectivity index (χ2n) is 3.33. The number of nitriles is 1. The van der Waals surface area contributed by atoms with E-state index in [4.69, 9.17) is 10.00 Å². The topological polar surface area (TPSA) is 45.9 Å². The second kappa shape index (κ2) is 4.33. The third-order valence-electron chi connectivity index (χ3n) is 2.26. The zero-order valence-electron chi connectivity index (χ0n) is 9.02. The fraction of sp³-hybridized carbons (Fsp3) is 0.167. The van der Waals surface area contributed by atoms with Gasteiger partial charge in [-0.1, -0.05) is 0 Å². The molecule has 16 heavy (non-hydrogen) atoms. The summed E-state index contributed by atoms with van der Waals surface area (Å²) in [5, 5.41) is 11.3. The smallest absolute Gasteiger partial charge is 0.152 e. The largest absolute Gasteiger partial charge is 0.496 e. The molecule has 1 heterocycles. The van der Waals surface area contributed by atoms with Crippen molar-refractivity contribution in [2.75, 3.05) is 7.11 Å². The Labute approximate surface area is 97.9 Å². The number of hydrogen-bond acceptors (Lipinski definition) is 4. The van der Waals surface area contributed by atoms with Gasteiger partial charge in [-0.15, -0.1) is 11.3 Å². The van der Waals surface area contributed by atoms with Crippen molar-refractivity contribution in [3.63, 3.8) is 0 Å². The van der Waals surface area contributed by atoms with Gasteiger partial charge in [-0.05, 0) is 30.7 Å². The molecule has 2 aromatic rings. The number of nitrogens with zero attached hydrogens (tertiary/aromatic N) is 2. The quantitative estimate of drug-likeness (QED) is 0.796. The van der Waals surface area contributed by atoms with Gasteiger partial charge in [0.1, 0.15) is 16.8 Å². The molecular formula is C12H10N2OS. The number of ether oxygens (including phenoxy) is 1. The van der Waals surface area contributed by atoms with Crippen LogP contribution in [0.2, 0.25) is 0 Å². The van der Waals surface area contributed by atoms with Gasteiger partial charge in [0.25, 0.3) is 0 Å². The van der Waals surface area contributed by atoms with Gasteiger partial charge in [0.15, 0.2) is 5.69 Å². The van der Waals surface area contributed by atoms with E-state index in [1.54, 1.807) is 12.5 Å². The summed E-state index contributed by atoms with van der Waals surface area (Å²) in [6.07, 6.45) is 0. The van der Waals surface area contributed by atoms with Gasteiger partial charge in [0.05, 0.1) is 7.11 Å². The van der Waals surface area contributed by atoms with Gasteiger partial charge in [-0.25, -0.2) is 4.98 Å². The lowest BCUT2D eigenvalue weighted by molar-refractivity contribution is 0.412. The maximum atomic E-state index is 8.71. The van der Waals surface area contributed by atoms with Crippen molar-refractivity contribution < 1.29 is 4.74 Å². The van der Waals surface area contributed by atoms with Crippen molar-refractivity contribution in [1.82, 2.24) is 4.98 Å². The molecule has 1 aromatic carbocycles. The molecule has 0 saturated carbocycles. The summed E-state index contributed by atoms with van der Waals surface area (Å²) in [7, 11) is 1.65. The van der Waals surface area contributed by atoms with Gasteiger partial charge in [-0.2, -0.15) is 5.26 Å². The first-order chi connectivity index (χ1) is 7.74. The lowest BCUT2D eigenvalue weighted by atomic mass is 10.1. The van der Waals surface area contributed by atoms with Crippen LogP contribution in [0.4, 0.5) is 0 Å². The van der Waals surface area contributed by atoms with E-state index in [0.717, 1.165) is 21.9 Å². The van der Waals surface area contributed by atoms with Gasteiger partial charge < -0.3 is 4.74 Å². The van der Waals surface area contributed by atoms with Crippen LogP contribution in [0.3, 0.4) is 0 Å². The molecule has 0 aliphatic carbocycles. The minimum absolute atomic E-state index is 0.466. The average Bonchev–Trinajstić information content (AvgIpc) is 2.77. The van der Waals surface area contributed by atoms with Crippen LogP contribution in [0.1, 0.15) is 11.3 Å². The highest BCUT2D eigenvalue weighted by molar-refractivity contribution is 7.13. The Hall–Kier alpha value is -1.86. The second-order valence-corrected chi connectivity index (χ2v) is 4.19. The molecule has 3 nitrogen and oxygen atoms in total. The minimum atomic E-state index is 0.466. The monoisotopic (exact) mass is 230 g/mol. The van der Waals surface area contributed by atoms with E-state index in [1.165, 1.54) is 11.3 Å². The Morgan fingerprint density at radius 2 is 2.25 bits per heavy atom. The third kappa shape index (κ3) is 1.90. The lowest BCUT2D eigenvalue weighted by Gasteiger charge is -2.05. The zero-order chi connectivity index (χ0) is 11.5. The highest BCUT2D eigenvalue weighted by atomic mass is 32.1. The number of aromatic nitrogens is 1. The SMILES string of the molecule is COc1ccc(-c2nc(C#N)cs2)cc1C. The average molecular weight is 230 g/mol. The predicted molar refractivity (Wildman–Crippen MR) is 63.6 cm³/mol. The van der Waals surface area contributed by atoms with Crippen LogP contribution in [0.25, 0.3) is 10.6 Å². The summed E-state index contributed by atoms with van der Waals surface area (Å²) in [4.78, 5) is 4.21. The maximum absolute atomic E-state index is 8.71. The summed E-state index contributed by atoms with van der Waals surface area (Å²) >= 11 is 1.47. The normalized spacial score (nSPS) is 9.81. The molecule has 0 bridgehead atoms. The predicted octanol–water partition coefficient (Wildman–Crippen LogP) is 3.00. The molecule has 4 heteroatoms. The summed E-state index contributed by atoms with van der Waals surface area (Å²) in [5.41, 5.74) is 2.55. The molecule has 1 aromatic heterocycles. The standard InChI is InChI=1S/C12H10N2OS/c1-8-5-9(3-4-11(8)15-2)12-14-10(6-13)7-16-12/h3-5,7H,1-2H3. The Morgan fingerprint density at radius 3 is 2.81 bits per heavy atom. The van der Waals surface area contributed by atoms with Gasteiger partial charge in [0.2, 0.25) is 0 Å². The van der Waals surface area contributed by atoms with Crippen LogP contribution in [0, 0.1) is 18.3 Å². The minimum Gasteiger partial charge on any atom is -0.496 e. The van der Waals surface area contributed by atoms with E-state index in [2.05, 4.69) is 4.98 Å². The Bertz CT molecular complexity index is 554. The molecule has 0 radical (unpaired) electrons. The summed E-state index contributed by atoms with van der Waals surface area (Å²) in [5.74, 6) is 0.862. The van der Waals surface area contributed by atoms with Crippen molar-refractivity contribution >= 4 is 11.3 Å². The van der Waals surface area contributed by atoms with E-state index in [1.807, 2.05) is 31.2 Å². The van der Waals surface area contributed by atoms with Crippen molar-refractivity contribution in [3.8, 4) is 22.4 Å². The van der Waals surface area contributed by atoms with Crippen LogP contribution in [-0.4, -0.2) is 12.1 Å². The summed E-state index contributed by atoms with van der Waals surface area (Å²) in [6.45, 7) is 1.99. The zero-order valence-corrected chi connectivity index (χ0v) is 9.84. The number of benzene rings is 1. The van der Waals surface area contributed by atoms with Crippen LogP contribution in [0.15, 0.2) is 23.6 Å². The number of rotatable bonds is 2. The third-order valence-corrected chi connectivity index (χ3v) is 3.15. The van der Waals surface area contributed by atoms with Gasteiger partial charge in [0, 0.05) is 10.9 Å². The van der Waals surface area contributed by atoms with Crippen molar-refractivity contribution in [3.05, 3.63) is 34.8 Å². The van der Waals surface area contributed by atoms with E-state index in [0.29, 0.717) is 5.69 Å². The summed E-state index contributed by atoms with van der Waals surface area (Å²) in [6, 6.07) is 7.91. The molecular weight excluding hydrogens is 220 g/mol. The van der Waals surface area contributed by atoms with Crippen molar-refractivity contribution in [1.29, 1.82) is 5.26 Å². The van der Waals surface area contributed by atoms with Crippen molar-refractivity contribution in [2.24, 2.45) is 0 Å². The summed E-state index contributed by atoms with van der Waals surface area (Å²) < 4.78 is 5.19. The van der Waals surface area contributed by atoms with Crippen molar-refractivity contribution in [2.45, 2.75) is 6.92 Å². The molecule has 0 aliphatic heterocycles. The van der Waals surface area contributed by atoms with Crippen LogP contribution < -0.4 is 4.74 Å². The van der Waals surface area contributed by atoms with Gasteiger partial charge >= 0.3 is 0 Å². The first-order valence-electron chi connectivity index (χ1n) is 4.75. The van der Waals surface area contributed by atoms with Crippen LogP contribution in [0.5, 0.6) is 5.75 Å². The highest BCUT2D eigenvalue weighted by Crippen LogP contribution is 2.28. The fourth-order valence-corrected chi connectivity index (χ4v) is 2.21. The molecule has 0 atom stereocenters. The molecule has 0 amide bonds. The van der Waals surface area contributed by atoms with E-state index < -0.39 is 0 Å². The van der Waals surface area contributed by atoms with E-state index in [9.17, 15) is 0 Å². The van der Waals surface area contributed by atoms with E-state index >= 15 is 0 Å². The van der Waals surface area contributed by atoms with E-state index in [-0.39, 0.29) is 0 Å². The maximum Gasteiger partial charge on any atom is 0.152 e. The molecule has 0 saturated heterocycles. The lowest BCUT2D eigenvalue weighted by Crippen LogP contribution is -1.87. The number of hydrogen-bond donors (Lipinski definition) is 0. The molecule has 0 aliphatic rings. The molecule has 2 rings (SSSR count). The molecule has 0 fully saturated rings. The number of thiazole rings is 1. The highest BCUT2D eigenvalue weighted by Gasteiger charge is 2.06. The van der Waals surface area contributed by atoms with Crippen LogP contribution >= 0.6 is 11.3 Å². The Balaban J connectivity index is 2.42. The molecule has 0 N–H and O–H groups in total. The Kier molecular flexibility index (Phi) is 2.88. The molecule has 80 valence electrons. The number of aryl methyl sites for hydroxylation is 1. The fourth-order valence-electron chi connectivity index (χ4n) is 1.47. The molecule has 0 spiro atoms.